The molecule has 0 fully saturated rings. The molecule has 3 amide bonds. The Balaban J connectivity index is 5.36. The summed E-state index contributed by atoms with van der Waals surface area (Å²) in [5.74, 6) is -4.73. The van der Waals surface area contributed by atoms with E-state index in [1.807, 2.05) is 27.7 Å². The fourth-order valence-electron chi connectivity index (χ4n) is 2.63. The lowest BCUT2D eigenvalue weighted by atomic mass is 10.00. The molecule has 172 valence electrons. The Bertz CT molecular complexity index is 636. The molecule has 11 heteroatoms. The lowest BCUT2D eigenvalue weighted by Crippen LogP contribution is -2.57. The van der Waals surface area contributed by atoms with Crippen LogP contribution >= 0.6 is 0 Å². The van der Waals surface area contributed by atoms with Crippen molar-refractivity contribution in [2.45, 2.75) is 78.0 Å². The molecule has 0 rings (SSSR count). The molecule has 0 aliphatic carbocycles. The van der Waals surface area contributed by atoms with Crippen LogP contribution in [0.15, 0.2) is 0 Å². The van der Waals surface area contributed by atoms with E-state index >= 15 is 0 Å². The van der Waals surface area contributed by atoms with E-state index in [0.29, 0.717) is 6.42 Å². The molecule has 11 nitrogen and oxygen atoms in total. The van der Waals surface area contributed by atoms with Crippen molar-refractivity contribution in [1.82, 2.24) is 16.0 Å². The van der Waals surface area contributed by atoms with Crippen LogP contribution in [-0.2, 0) is 24.0 Å². The monoisotopic (exact) mass is 430 g/mol. The normalized spacial score (nSPS) is 15.1. The van der Waals surface area contributed by atoms with Gasteiger partial charge in [-0.3, -0.25) is 24.0 Å². The topological polar surface area (TPSA) is 188 Å². The van der Waals surface area contributed by atoms with Gasteiger partial charge in [-0.15, -0.1) is 0 Å². The molecule has 0 heterocycles. The fourth-order valence-corrected chi connectivity index (χ4v) is 2.63. The van der Waals surface area contributed by atoms with E-state index in [1.54, 1.807) is 0 Å². The van der Waals surface area contributed by atoms with Crippen molar-refractivity contribution in [3.05, 3.63) is 0 Å². The van der Waals surface area contributed by atoms with Crippen molar-refractivity contribution in [2.75, 3.05) is 0 Å². The van der Waals surface area contributed by atoms with Gasteiger partial charge in [0.25, 0.3) is 0 Å². The summed E-state index contributed by atoms with van der Waals surface area (Å²) in [6.45, 7) is 8.67. The minimum Gasteiger partial charge on any atom is -0.481 e. The van der Waals surface area contributed by atoms with Crippen molar-refractivity contribution in [3.63, 3.8) is 0 Å². The van der Waals surface area contributed by atoms with E-state index in [4.69, 9.17) is 15.9 Å². The maximum absolute atomic E-state index is 12.7. The Morgan fingerprint density at radius 1 is 0.733 bits per heavy atom. The number of nitrogens with one attached hydrogen (secondary N) is 3. The molecule has 4 atom stereocenters. The standard InChI is InChI=1S/C19H34N4O7/c1-9(2)6-12(20)16(26)22-13(7-10(3)4)18(28)23-14(8-15(24)25)17(27)21-11(5)19(29)30/h9-14H,6-8,20H2,1-5H3,(H,21,27)(H,22,26)(H,23,28)(H,24,25)(H,29,30). The Morgan fingerprint density at radius 2 is 1.20 bits per heavy atom. The largest absolute Gasteiger partial charge is 0.481 e. The second-order valence-electron chi connectivity index (χ2n) is 8.15. The van der Waals surface area contributed by atoms with Crippen molar-refractivity contribution >= 4 is 29.7 Å². The predicted molar refractivity (Wildman–Crippen MR) is 108 cm³/mol. The number of aliphatic carboxylic acids is 2. The Hall–Kier alpha value is -2.69. The van der Waals surface area contributed by atoms with Crippen LogP contribution in [0.1, 0.15) is 53.9 Å². The molecule has 4 unspecified atom stereocenters. The number of hydrogen-bond acceptors (Lipinski definition) is 6. The molecular formula is C19H34N4O7. The number of hydrogen-bond donors (Lipinski definition) is 6. The lowest BCUT2D eigenvalue weighted by Gasteiger charge is -2.25. The highest BCUT2D eigenvalue weighted by atomic mass is 16.4. The first-order valence-electron chi connectivity index (χ1n) is 9.85. The summed E-state index contributed by atoms with van der Waals surface area (Å²) in [7, 11) is 0. The molecule has 7 N–H and O–H groups in total. The van der Waals surface area contributed by atoms with Gasteiger partial charge in [0.2, 0.25) is 17.7 Å². The molecule has 0 spiro atoms. The summed E-state index contributed by atoms with van der Waals surface area (Å²) in [5.41, 5.74) is 5.85. The van der Waals surface area contributed by atoms with Gasteiger partial charge in [-0.25, -0.2) is 0 Å². The molecule has 0 aromatic heterocycles. The third-order valence-electron chi connectivity index (χ3n) is 4.14. The third-order valence-corrected chi connectivity index (χ3v) is 4.14. The zero-order chi connectivity index (χ0) is 23.6. The van der Waals surface area contributed by atoms with Gasteiger partial charge in [0.05, 0.1) is 12.5 Å². The van der Waals surface area contributed by atoms with Crippen molar-refractivity contribution in [1.29, 1.82) is 0 Å². The van der Waals surface area contributed by atoms with Gasteiger partial charge in [0.15, 0.2) is 0 Å². The minimum absolute atomic E-state index is 0.00107. The second-order valence-corrected chi connectivity index (χ2v) is 8.15. The summed E-state index contributed by atoms with van der Waals surface area (Å²) in [6.07, 6.45) is -0.100. The van der Waals surface area contributed by atoms with E-state index < -0.39 is 60.2 Å². The molecule has 0 saturated carbocycles. The van der Waals surface area contributed by atoms with Crippen LogP contribution in [0.4, 0.5) is 0 Å². The number of rotatable bonds is 13. The summed E-state index contributed by atoms with van der Waals surface area (Å²) < 4.78 is 0. The number of amides is 3. The van der Waals surface area contributed by atoms with Crippen LogP contribution < -0.4 is 21.7 Å². The fraction of sp³-hybridized carbons (Fsp3) is 0.737. The van der Waals surface area contributed by atoms with Crippen molar-refractivity contribution < 1.29 is 34.2 Å². The highest BCUT2D eigenvalue weighted by Gasteiger charge is 2.31. The molecular weight excluding hydrogens is 396 g/mol. The first-order valence-corrected chi connectivity index (χ1v) is 9.85. The number of carboxylic acid groups (broad SMARTS) is 2. The van der Waals surface area contributed by atoms with E-state index in [2.05, 4.69) is 16.0 Å². The van der Waals surface area contributed by atoms with Gasteiger partial charge in [0.1, 0.15) is 18.1 Å². The number of nitrogens with two attached hydrogens (primary N) is 1. The van der Waals surface area contributed by atoms with Crippen LogP contribution in [0.5, 0.6) is 0 Å². The smallest absolute Gasteiger partial charge is 0.325 e. The van der Waals surface area contributed by atoms with Crippen LogP contribution in [-0.4, -0.2) is 64.0 Å². The Kier molecular flexibility index (Phi) is 11.6. The molecule has 0 saturated heterocycles. The summed E-state index contributed by atoms with van der Waals surface area (Å²) in [5, 5.41) is 24.9. The van der Waals surface area contributed by atoms with E-state index in [0.717, 1.165) is 0 Å². The molecule has 0 aromatic carbocycles. The van der Waals surface area contributed by atoms with E-state index in [-0.39, 0.29) is 18.3 Å². The Labute approximate surface area is 176 Å². The maximum Gasteiger partial charge on any atom is 0.325 e. The highest BCUT2D eigenvalue weighted by Crippen LogP contribution is 2.08. The van der Waals surface area contributed by atoms with Crippen LogP contribution in [0.25, 0.3) is 0 Å². The van der Waals surface area contributed by atoms with Crippen LogP contribution in [0.2, 0.25) is 0 Å². The van der Waals surface area contributed by atoms with Crippen molar-refractivity contribution in [2.24, 2.45) is 17.6 Å². The van der Waals surface area contributed by atoms with Gasteiger partial charge in [0, 0.05) is 0 Å². The van der Waals surface area contributed by atoms with E-state index in [1.165, 1.54) is 6.92 Å². The number of carbonyl (C=O) groups excluding carboxylic acids is 3. The van der Waals surface area contributed by atoms with Gasteiger partial charge in [-0.1, -0.05) is 27.7 Å². The van der Waals surface area contributed by atoms with Crippen LogP contribution in [0.3, 0.4) is 0 Å². The molecule has 0 radical (unpaired) electrons. The van der Waals surface area contributed by atoms with Gasteiger partial charge < -0.3 is 31.9 Å². The number of carboxylic acids is 2. The van der Waals surface area contributed by atoms with Gasteiger partial charge in [-0.05, 0) is 31.6 Å². The zero-order valence-corrected chi connectivity index (χ0v) is 18.1. The average Bonchev–Trinajstić information content (AvgIpc) is 2.58. The van der Waals surface area contributed by atoms with Crippen molar-refractivity contribution in [3.8, 4) is 0 Å². The van der Waals surface area contributed by atoms with E-state index in [9.17, 15) is 24.0 Å². The molecule has 0 aromatic rings. The minimum atomic E-state index is -1.51. The summed E-state index contributed by atoms with van der Waals surface area (Å²) >= 11 is 0. The quantitative estimate of drug-likeness (QED) is 0.224. The maximum atomic E-state index is 12.7. The van der Waals surface area contributed by atoms with Gasteiger partial charge >= 0.3 is 11.9 Å². The first-order chi connectivity index (χ1) is 13.7. The summed E-state index contributed by atoms with van der Waals surface area (Å²) in [6, 6.07) is -4.63. The Morgan fingerprint density at radius 3 is 1.63 bits per heavy atom. The highest BCUT2D eigenvalue weighted by molar-refractivity contribution is 5.95. The first kappa shape index (κ1) is 27.3. The molecule has 0 aliphatic heterocycles. The summed E-state index contributed by atoms with van der Waals surface area (Å²) in [4.78, 5) is 59.3. The predicted octanol–water partition coefficient (Wildman–Crippen LogP) is -0.560. The number of carbonyl (C=O) groups is 5. The molecule has 30 heavy (non-hydrogen) atoms. The second kappa shape index (κ2) is 12.8. The van der Waals surface area contributed by atoms with Gasteiger partial charge in [-0.2, -0.15) is 0 Å². The molecule has 0 bridgehead atoms. The van der Waals surface area contributed by atoms with Crippen LogP contribution in [0, 0.1) is 11.8 Å². The molecule has 0 aliphatic rings. The SMILES string of the molecule is CC(C)CC(N)C(=O)NC(CC(C)C)C(=O)NC(CC(=O)O)C(=O)NC(C)C(=O)O. The lowest BCUT2D eigenvalue weighted by molar-refractivity contribution is -0.143. The third kappa shape index (κ3) is 10.7. The zero-order valence-electron chi connectivity index (χ0n) is 18.1. The average molecular weight is 431 g/mol.